The summed E-state index contributed by atoms with van der Waals surface area (Å²) in [6.07, 6.45) is 2.71. The standard InChI is InChI=1S/C15H18BrN3O2/c16-10-1-2-11-12(8-18-13(11)7-10)15(9-17)3-5-19(6-4-15)14(20)21/h1-2,7-8,18H,3-6,9,17H2,(H,20,21). The number of rotatable bonds is 2. The van der Waals surface area contributed by atoms with Gasteiger partial charge in [-0.05, 0) is 30.5 Å². The van der Waals surface area contributed by atoms with Crippen molar-refractivity contribution in [1.29, 1.82) is 0 Å². The summed E-state index contributed by atoms with van der Waals surface area (Å²) in [6, 6.07) is 6.16. The lowest BCUT2D eigenvalue weighted by Crippen LogP contribution is -2.48. The van der Waals surface area contributed by atoms with Crippen LogP contribution in [-0.4, -0.2) is 40.7 Å². The van der Waals surface area contributed by atoms with E-state index in [1.54, 1.807) is 0 Å². The predicted octanol–water partition coefficient (Wildman–Crippen LogP) is 2.90. The van der Waals surface area contributed by atoms with Gasteiger partial charge in [0.15, 0.2) is 0 Å². The Balaban J connectivity index is 1.97. The zero-order valence-corrected chi connectivity index (χ0v) is 13.2. The molecule has 1 aliphatic heterocycles. The van der Waals surface area contributed by atoms with E-state index in [1.807, 2.05) is 12.3 Å². The van der Waals surface area contributed by atoms with Gasteiger partial charge in [-0.3, -0.25) is 0 Å². The molecule has 4 N–H and O–H groups in total. The zero-order valence-electron chi connectivity index (χ0n) is 11.6. The summed E-state index contributed by atoms with van der Waals surface area (Å²) in [5.74, 6) is 0. The summed E-state index contributed by atoms with van der Waals surface area (Å²) in [5.41, 5.74) is 8.22. The molecule has 5 nitrogen and oxygen atoms in total. The molecule has 0 bridgehead atoms. The van der Waals surface area contributed by atoms with Gasteiger partial charge >= 0.3 is 6.09 Å². The van der Waals surface area contributed by atoms with Crippen molar-refractivity contribution in [2.75, 3.05) is 19.6 Å². The summed E-state index contributed by atoms with van der Waals surface area (Å²) < 4.78 is 1.03. The van der Waals surface area contributed by atoms with Crippen molar-refractivity contribution in [2.45, 2.75) is 18.3 Å². The third-order valence-corrected chi connectivity index (χ3v) is 5.09. The summed E-state index contributed by atoms with van der Waals surface area (Å²) in [4.78, 5) is 15.8. The number of H-pyrrole nitrogens is 1. The SMILES string of the molecule is NCC1(c2c[nH]c3cc(Br)ccc23)CCN(C(=O)O)CC1. The van der Waals surface area contributed by atoms with Gasteiger partial charge in [0.1, 0.15) is 0 Å². The number of hydrogen-bond acceptors (Lipinski definition) is 2. The van der Waals surface area contributed by atoms with Gasteiger partial charge in [0.05, 0.1) is 0 Å². The first kappa shape index (κ1) is 14.4. The molecule has 0 aliphatic carbocycles. The van der Waals surface area contributed by atoms with Crippen molar-refractivity contribution in [3.63, 3.8) is 0 Å². The Morgan fingerprint density at radius 3 is 2.76 bits per heavy atom. The van der Waals surface area contributed by atoms with E-state index < -0.39 is 6.09 Å². The molecule has 1 saturated heterocycles. The molecule has 112 valence electrons. The fraction of sp³-hybridized carbons (Fsp3) is 0.400. The number of halogens is 1. The van der Waals surface area contributed by atoms with E-state index in [2.05, 4.69) is 33.0 Å². The molecule has 21 heavy (non-hydrogen) atoms. The van der Waals surface area contributed by atoms with E-state index in [0.29, 0.717) is 19.6 Å². The van der Waals surface area contributed by atoms with Crippen LogP contribution in [0, 0.1) is 0 Å². The monoisotopic (exact) mass is 351 g/mol. The fourth-order valence-corrected chi connectivity index (χ4v) is 3.61. The number of hydrogen-bond donors (Lipinski definition) is 3. The molecule has 2 heterocycles. The van der Waals surface area contributed by atoms with Crippen LogP contribution in [0.15, 0.2) is 28.9 Å². The number of aromatic amines is 1. The van der Waals surface area contributed by atoms with Crippen LogP contribution >= 0.6 is 15.9 Å². The van der Waals surface area contributed by atoms with Gasteiger partial charge in [0.25, 0.3) is 0 Å². The minimum absolute atomic E-state index is 0.141. The lowest BCUT2D eigenvalue weighted by atomic mass is 9.73. The van der Waals surface area contributed by atoms with E-state index in [4.69, 9.17) is 10.8 Å². The Hall–Kier alpha value is -1.53. The number of nitrogens with two attached hydrogens (primary N) is 1. The van der Waals surface area contributed by atoms with Crippen molar-refractivity contribution in [2.24, 2.45) is 5.73 Å². The molecule has 3 rings (SSSR count). The number of nitrogens with zero attached hydrogens (tertiary/aromatic N) is 1. The first-order chi connectivity index (χ1) is 10.1. The highest BCUT2D eigenvalue weighted by Gasteiger charge is 2.37. The third-order valence-electron chi connectivity index (χ3n) is 4.60. The van der Waals surface area contributed by atoms with Crippen LogP contribution in [0.1, 0.15) is 18.4 Å². The van der Waals surface area contributed by atoms with Gasteiger partial charge < -0.3 is 20.7 Å². The number of carbonyl (C=O) groups is 1. The lowest BCUT2D eigenvalue weighted by Gasteiger charge is -2.40. The second-order valence-electron chi connectivity index (χ2n) is 5.65. The number of carboxylic acid groups (broad SMARTS) is 1. The highest BCUT2D eigenvalue weighted by molar-refractivity contribution is 9.10. The fourth-order valence-electron chi connectivity index (χ4n) is 3.25. The molecule has 0 spiro atoms. The maximum atomic E-state index is 11.1. The Labute approximate surface area is 131 Å². The molecule has 1 fully saturated rings. The molecule has 1 aromatic heterocycles. The van der Waals surface area contributed by atoms with Gasteiger partial charge in [-0.2, -0.15) is 0 Å². The van der Waals surface area contributed by atoms with E-state index in [0.717, 1.165) is 22.8 Å². The highest BCUT2D eigenvalue weighted by Crippen LogP contribution is 2.39. The quantitative estimate of drug-likeness (QED) is 0.777. The van der Waals surface area contributed by atoms with Crippen LogP contribution in [-0.2, 0) is 5.41 Å². The predicted molar refractivity (Wildman–Crippen MR) is 85.6 cm³/mol. The Morgan fingerprint density at radius 2 is 2.14 bits per heavy atom. The van der Waals surface area contributed by atoms with Crippen LogP contribution in [0.3, 0.4) is 0 Å². The zero-order chi connectivity index (χ0) is 15.0. The molecule has 1 aliphatic rings. The largest absolute Gasteiger partial charge is 0.465 e. The number of piperidine rings is 1. The minimum Gasteiger partial charge on any atom is -0.465 e. The van der Waals surface area contributed by atoms with Crippen LogP contribution < -0.4 is 5.73 Å². The van der Waals surface area contributed by atoms with Crippen molar-refractivity contribution < 1.29 is 9.90 Å². The second kappa shape index (κ2) is 5.35. The maximum absolute atomic E-state index is 11.1. The van der Waals surface area contributed by atoms with E-state index >= 15 is 0 Å². The Morgan fingerprint density at radius 1 is 1.43 bits per heavy atom. The highest BCUT2D eigenvalue weighted by atomic mass is 79.9. The van der Waals surface area contributed by atoms with Crippen molar-refractivity contribution in [3.05, 3.63) is 34.4 Å². The molecule has 2 aromatic rings. The van der Waals surface area contributed by atoms with Crippen molar-refractivity contribution in [1.82, 2.24) is 9.88 Å². The summed E-state index contributed by atoms with van der Waals surface area (Å²) in [7, 11) is 0. The van der Waals surface area contributed by atoms with E-state index in [-0.39, 0.29) is 5.41 Å². The van der Waals surface area contributed by atoms with Crippen molar-refractivity contribution in [3.8, 4) is 0 Å². The molecule has 0 unspecified atom stereocenters. The summed E-state index contributed by atoms with van der Waals surface area (Å²) in [6.45, 7) is 1.61. The normalized spacial score (nSPS) is 18.1. The average Bonchev–Trinajstić information content (AvgIpc) is 2.90. The minimum atomic E-state index is -0.844. The Kier molecular flexibility index (Phi) is 3.67. The van der Waals surface area contributed by atoms with Crippen molar-refractivity contribution >= 4 is 32.9 Å². The van der Waals surface area contributed by atoms with Crippen LogP contribution in [0.5, 0.6) is 0 Å². The molecule has 6 heteroatoms. The number of benzene rings is 1. The van der Waals surface area contributed by atoms with Gasteiger partial charge in [0.2, 0.25) is 0 Å². The topological polar surface area (TPSA) is 82.4 Å². The first-order valence-electron chi connectivity index (χ1n) is 7.01. The van der Waals surface area contributed by atoms with E-state index in [9.17, 15) is 4.79 Å². The number of amides is 1. The number of aromatic nitrogens is 1. The Bertz CT molecular complexity index is 675. The lowest BCUT2D eigenvalue weighted by molar-refractivity contribution is 0.118. The van der Waals surface area contributed by atoms with Crippen LogP contribution in [0.2, 0.25) is 0 Å². The molecular weight excluding hydrogens is 334 g/mol. The number of nitrogens with one attached hydrogen (secondary N) is 1. The van der Waals surface area contributed by atoms with Crippen LogP contribution in [0.25, 0.3) is 10.9 Å². The van der Waals surface area contributed by atoms with Gasteiger partial charge in [-0.25, -0.2) is 4.79 Å². The molecule has 0 radical (unpaired) electrons. The van der Waals surface area contributed by atoms with Gasteiger partial charge in [-0.1, -0.05) is 22.0 Å². The smallest absolute Gasteiger partial charge is 0.407 e. The summed E-state index contributed by atoms with van der Waals surface area (Å²) in [5, 5.41) is 10.3. The molecule has 0 saturated carbocycles. The maximum Gasteiger partial charge on any atom is 0.407 e. The molecular formula is C15H18BrN3O2. The summed E-state index contributed by atoms with van der Waals surface area (Å²) >= 11 is 3.48. The van der Waals surface area contributed by atoms with E-state index in [1.165, 1.54) is 15.8 Å². The molecule has 1 aromatic carbocycles. The molecule has 1 amide bonds. The van der Waals surface area contributed by atoms with Crippen LogP contribution in [0.4, 0.5) is 4.79 Å². The van der Waals surface area contributed by atoms with Gasteiger partial charge in [0, 0.05) is 46.6 Å². The number of fused-ring (bicyclic) bond motifs is 1. The number of likely N-dealkylation sites (tertiary alicyclic amines) is 1. The first-order valence-corrected chi connectivity index (χ1v) is 7.80. The second-order valence-corrected chi connectivity index (χ2v) is 6.56. The van der Waals surface area contributed by atoms with Gasteiger partial charge in [-0.15, -0.1) is 0 Å². The third kappa shape index (κ3) is 2.42. The molecule has 0 atom stereocenters. The average molecular weight is 352 g/mol.